The van der Waals surface area contributed by atoms with Gasteiger partial charge in [-0.05, 0) is 5.56 Å². The lowest BCUT2D eigenvalue weighted by molar-refractivity contribution is -0.252. The minimum Gasteiger partial charge on any atom is -0.594 e. The third-order valence-corrected chi connectivity index (χ3v) is 1.31. The number of hydrazone groups is 1. The van der Waals surface area contributed by atoms with Gasteiger partial charge in [0.2, 0.25) is 0 Å². The van der Waals surface area contributed by atoms with Gasteiger partial charge in [-0.15, -0.1) is 0 Å². The molecule has 64 valence electrons. The van der Waals surface area contributed by atoms with Gasteiger partial charge >= 0.3 is 0 Å². The summed E-state index contributed by atoms with van der Waals surface area (Å²) in [6.45, 7) is 0.209. The fourth-order valence-corrected chi connectivity index (χ4v) is 0.757. The van der Waals surface area contributed by atoms with Crippen LogP contribution in [0.1, 0.15) is 5.56 Å². The molecule has 0 aliphatic rings. The van der Waals surface area contributed by atoms with Crippen molar-refractivity contribution in [2.24, 2.45) is 10.9 Å². The Balaban J connectivity index is 2.44. The van der Waals surface area contributed by atoms with E-state index in [2.05, 4.69) is 15.7 Å². The number of rotatable bonds is 2. The minimum absolute atomic E-state index is 0.209. The fraction of sp³-hybridized carbons (Fsp3) is 0.125. The number of hydrogen-bond acceptors (Lipinski definition) is 4. The van der Waals surface area contributed by atoms with E-state index in [1.807, 2.05) is 30.3 Å². The molecule has 2 N–H and O–H groups in total. The molecule has 12 heavy (non-hydrogen) atoms. The van der Waals surface area contributed by atoms with E-state index in [1.165, 1.54) is 0 Å². The van der Waals surface area contributed by atoms with E-state index < -0.39 is 6.08 Å². The van der Waals surface area contributed by atoms with Crippen molar-refractivity contribution in [1.82, 2.24) is 0 Å². The molecule has 1 rings (SSSR count). The van der Waals surface area contributed by atoms with Crippen molar-refractivity contribution in [3.8, 4) is 0 Å². The Labute approximate surface area is 70.3 Å². The molecule has 0 fully saturated rings. The Hall–Kier alpha value is -1.71. The second kappa shape index (κ2) is 4.23. The quantitative estimate of drug-likeness (QED) is 0.285. The molecule has 0 heterocycles. The summed E-state index contributed by atoms with van der Waals surface area (Å²) in [6, 6.07) is 9.32. The van der Waals surface area contributed by atoms with Crippen molar-refractivity contribution >= 4 is 6.08 Å². The summed E-state index contributed by atoms with van der Waals surface area (Å²) in [5, 5.41) is 13.3. The first-order valence-electron chi connectivity index (χ1n) is 3.44. The Bertz CT molecular complexity index is 259. The molecule has 0 bridgehead atoms. The first-order valence-corrected chi connectivity index (χ1v) is 3.44. The van der Waals surface area contributed by atoms with Gasteiger partial charge in [0.15, 0.2) is 6.08 Å². The van der Waals surface area contributed by atoms with Crippen molar-refractivity contribution in [2.45, 2.75) is 6.61 Å². The van der Waals surface area contributed by atoms with Gasteiger partial charge in [0, 0.05) is 6.61 Å². The third-order valence-electron chi connectivity index (χ3n) is 1.31. The van der Waals surface area contributed by atoms with Crippen LogP contribution in [0.2, 0.25) is 0 Å². The summed E-state index contributed by atoms with van der Waals surface area (Å²) in [7, 11) is 0. The summed E-state index contributed by atoms with van der Waals surface area (Å²) in [5.74, 6) is 4.69. The lowest BCUT2D eigenvalue weighted by Crippen LogP contribution is -2.22. The molecule has 0 atom stereocenters. The summed E-state index contributed by atoms with van der Waals surface area (Å²) in [5.41, 5.74) is 0.912. The summed E-state index contributed by atoms with van der Waals surface area (Å²) in [6.07, 6.45) is -0.751. The van der Waals surface area contributed by atoms with E-state index in [1.54, 1.807) is 0 Å². The smallest absolute Gasteiger partial charge is 0.171 e. The Morgan fingerprint density at radius 2 is 2.08 bits per heavy atom. The molecule has 4 nitrogen and oxygen atoms in total. The maximum absolute atomic E-state index is 10.5. The third kappa shape index (κ3) is 2.49. The molecule has 0 aromatic heterocycles. The molecular formula is C8H9N2O2-. The maximum atomic E-state index is 10.5. The zero-order valence-electron chi connectivity index (χ0n) is 6.43. The topological polar surface area (TPSA) is 70.7 Å². The lowest BCUT2D eigenvalue weighted by Gasteiger charge is -2.12. The maximum Gasteiger partial charge on any atom is 0.171 e. The number of hydrogen-bond donors (Lipinski definition) is 1. The van der Waals surface area contributed by atoms with E-state index in [-0.39, 0.29) is 6.61 Å². The molecule has 1 aromatic rings. The molecule has 0 aliphatic carbocycles. The highest BCUT2D eigenvalue weighted by Crippen LogP contribution is 1.99. The lowest BCUT2D eigenvalue weighted by atomic mass is 10.2. The number of nitrogens with zero attached hydrogens (tertiary/aromatic N) is 1. The summed E-state index contributed by atoms with van der Waals surface area (Å²) >= 11 is 0. The number of benzene rings is 1. The van der Waals surface area contributed by atoms with Crippen LogP contribution in [0.5, 0.6) is 0 Å². The van der Waals surface area contributed by atoms with Crippen LogP contribution in [0.25, 0.3) is 0 Å². The minimum atomic E-state index is -0.751. The largest absolute Gasteiger partial charge is 0.594 e. The second-order valence-corrected chi connectivity index (χ2v) is 2.17. The highest BCUT2D eigenvalue weighted by molar-refractivity contribution is 5.60. The van der Waals surface area contributed by atoms with Crippen LogP contribution in [0, 0.1) is 0 Å². The Kier molecular flexibility index (Phi) is 2.95. The van der Waals surface area contributed by atoms with Gasteiger partial charge in [-0.1, -0.05) is 30.3 Å². The Morgan fingerprint density at radius 1 is 1.42 bits per heavy atom. The second-order valence-electron chi connectivity index (χ2n) is 2.17. The Morgan fingerprint density at radius 3 is 2.67 bits per heavy atom. The molecule has 0 unspecified atom stereocenters. The monoisotopic (exact) mass is 165 g/mol. The SMILES string of the molecule is NN=C([O-])OCc1ccccc1. The number of nitrogens with two attached hydrogens (primary N) is 1. The highest BCUT2D eigenvalue weighted by atomic mass is 16.6. The fourth-order valence-electron chi connectivity index (χ4n) is 0.757. The van der Waals surface area contributed by atoms with Gasteiger partial charge in [-0.3, -0.25) is 0 Å². The van der Waals surface area contributed by atoms with Gasteiger partial charge in [0.25, 0.3) is 0 Å². The van der Waals surface area contributed by atoms with Crippen molar-refractivity contribution in [3.63, 3.8) is 0 Å². The summed E-state index contributed by atoms with van der Waals surface area (Å²) in [4.78, 5) is 0. The first kappa shape index (κ1) is 8.39. The first-order chi connectivity index (χ1) is 5.83. The van der Waals surface area contributed by atoms with E-state index in [0.717, 1.165) is 5.56 Å². The van der Waals surface area contributed by atoms with E-state index in [4.69, 9.17) is 0 Å². The average Bonchev–Trinajstić information content (AvgIpc) is 2.16. The van der Waals surface area contributed by atoms with Gasteiger partial charge in [0.05, 0.1) is 0 Å². The standard InChI is InChI=1S/C8H10N2O2/c9-10-8(11)12-6-7-4-2-1-3-5-7/h1-5H,6,9H2,(H,10,11)/p-1. The molecule has 0 aliphatic heterocycles. The van der Waals surface area contributed by atoms with Crippen LogP contribution in [0.15, 0.2) is 35.4 Å². The zero-order valence-corrected chi connectivity index (χ0v) is 6.43. The molecule has 0 amide bonds. The van der Waals surface area contributed by atoms with Crippen molar-refractivity contribution in [3.05, 3.63) is 35.9 Å². The van der Waals surface area contributed by atoms with E-state index in [9.17, 15) is 5.11 Å². The van der Waals surface area contributed by atoms with E-state index in [0.29, 0.717) is 0 Å². The van der Waals surface area contributed by atoms with Crippen LogP contribution < -0.4 is 10.9 Å². The predicted octanol–water partition coefficient (Wildman–Crippen LogP) is -0.207. The van der Waals surface area contributed by atoms with Crippen LogP contribution in [-0.2, 0) is 11.3 Å². The molecule has 1 aromatic carbocycles. The molecule has 0 saturated heterocycles. The predicted molar refractivity (Wildman–Crippen MR) is 42.9 cm³/mol. The van der Waals surface area contributed by atoms with Crippen LogP contribution in [0.3, 0.4) is 0 Å². The highest BCUT2D eigenvalue weighted by Gasteiger charge is 1.86. The van der Waals surface area contributed by atoms with Gasteiger partial charge in [-0.25, -0.2) is 0 Å². The van der Waals surface area contributed by atoms with Crippen molar-refractivity contribution in [2.75, 3.05) is 0 Å². The molecule has 0 spiro atoms. The van der Waals surface area contributed by atoms with E-state index >= 15 is 0 Å². The van der Waals surface area contributed by atoms with Gasteiger partial charge < -0.3 is 15.7 Å². The molecule has 0 radical (unpaired) electrons. The van der Waals surface area contributed by atoms with Crippen LogP contribution in [-0.4, -0.2) is 6.08 Å². The van der Waals surface area contributed by atoms with Crippen LogP contribution >= 0.6 is 0 Å². The number of ether oxygens (including phenoxy) is 1. The van der Waals surface area contributed by atoms with Crippen molar-refractivity contribution < 1.29 is 9.84 Å². The van der Waals surface area contributed by atoms with Gasteiger partial charge in [-0.2, -0.15) is 5.10 Å². The molecule has 0 saturated carbocycles. The average molecular weight is 165 g/mol. The molecular weight excluding hydrogens is 156 g/mol. The van der Waals surface area contributed by atoms with Gasteiger partial charge in [0.1, 0.15) is 0 Å². The normalized spacial score (nSPS) is 11.2. The zero-order chi connectivity index (χ0) is 8.81. The summed E-state index contributed by atoms with van der Waals surface area (Å²) < 4.78 is 4.65. The molecule has 4 heteroatoms. The van der Waals surface area contributed by atoms with Crippen molar-refractivity contribution in [1.29, 1.82) is 0 Å². The van der Waals surface area contributed by atoms with Crippen LogP contribution in [0.4, 0.5) is 0 Å².